The van der Waals surface area contributed by atoms with E-state index < -0.39 is 6.04 Å². The number of nitrogens with one attached hydrogen (secondary N) is 1. The Labute approximate surface area is 291 Å². The van der Waals surface area contributed by atoms with Gasteiger partial charge in [-0.25, -0.2) is 4.99 Å². The van der Waals surface area contributed by atoms with Crippen molar-refractivity contribution in [1.82, 2.24) is 4.57 Å². The van der Waals surface area contributed by atoms with Gasteiger partial charge in [0.15, 0.2) is 4.80 Å². The van der Waals surface area contributed by atoms with Crippen LogP contribution in [0.2, 0.25) is 0 Å². The van der Waals surface area contributed by atoms with Gasteiger partial charge in [0, 0.05) is 14.8 Å². The number of aromatic nitrogens is 1. The molecule has 7 nitrogen and oxygen atoms in total. The molecule has 10 heteroatoms. The van der Waals surface area contributed by atoms with Crippen LogP contribution >= 0.6 is 56.5 Å². The van der Waals surface area contributed by atoms with Gasteiger partial charge in [-0.3, -0.25) is 14.2 Å². The van der Waals surface area contributed by atoms with Crippen LogP contribution in [0.5, 0.6) is 11.5 Å². The number of hydrogen-bond donors (Lipinski definition) is 1. The van der Waals surface area contributed by atoms with E-state index in [0.29, 0.717) is 44.4 Å². The number of allylic oxidation sites excluding steroid dienone is 1. The Bertz CT molecular complexity index is 2110. The van der Waals surface area contributed by atoms with Gasteiger partial charge in [0.1, 0.15) is 18.1 Å². The van der Waals surface area contributed by atoms with Crippen LogP contribution in [-0.2, 0) is 11.4 Å². The molecule has 0 spiro atoms. The number of hydrogen-bond acceptors (Lipinski definition) is 6. The summed E-state index contributed by atoms with van der Waals surface area (Å²) < 4.78 is 15.9. The number of methoxy groups -OCH3 is 1. The molecule has 0 saturated carbocycles. The zero-order valence-electron chi connectivity index (χ0n) is 24.3. The molecule has 0 aliphatic carbocycles. The third-order valence-electron chi connectivity index (χ3n) is 7.26. The Morgan fingerprint density at radius 3 is 2.47 bits per heavy atom. The predicted octanol–water partition coefficient (Wildman–Crippen LogP) is 6.67. The average Bonchev–Trinajstić information content (AvgIpc) is 3.34. The second-order valence-corrected chi connectivity index (χ2v) is 13.7. The van der Waals surface area contributed by atoms with Gasteiger partial charge in [0.05, 0.1) is 32.5 Å². The Hall–Kier alpha value is -3.75. The molecule has 1 N–H and O–H groups in total. The zero-order valence-corrected chi connectivity index (χ0v) is 29.4. The number of carbonyl (C=O) groups is 1. The van der Waals surface area contributed by atoms with Crippen LogP contribution < -0.4 is 29.7 Å². The number of carbonyl (C=O) groups excluding carboxylic acids is 1. The second kappa shape index (κ2) is 13.7. The van der Waals surface area contributed by atoms with Gasteiger partial charge in [0.25, 0.3) is 11.5 Å². The van der Waals surface area contributed by atoms with Gasteiger partial charge in [-0.2, -0.15) is 0 Å². The minimum Gasteiger partial charge on any atom is -0.497 e. The van der Waals surface area contributed by atoms with Crippen molar-refractivity contribution in [3.63, 3.8) is 0 Å². The van der Waals surface area contributed by atoms with Crippen LogP contribution in [-0.4, -0.2) is 17.6 Å². The highest BCUT2D eigenvalue weighted by molar-refractivity contribution is 14.1. The fraction of sp³-hybridized carbons (Fsp3) is 0.114. The molecule has 226 valence electrons. The minimum absolute atomic E-state index is 0.244. The highest BCUT2D eigenvalue weighted by Crippen LogP contribution is 2.33. The summed E-state index contributed by atoms with van der Waals surface area (Å²) in [6, 6.07) is 30.0. The third-order valence-corrected chi connectivity index (χ3v) is 9.66. The van der Waals surface area contributed by atoms with Crippen molar-refractivity contribution in [3.05, 3.63) is 152 Å². The van der Waals surface area contributed by atoms with E-state index in [1.807, 2.05) is 110 Å². The summed E-state index contributed by atoms with van der Waals surface area (Å²) in [7, 11) is 1.59. The van der Waals surface area contributed by atoms with E-state index in [0.717, 1.165) is 23.8 Å². The van der Waals surface area contributed by atoms with Gasteiger partial charge < -0.3 is 14.8 Å². The number of benzene rings is 4. The molecule has 1 aliphatic heterocycles. The Morgan fingerprint density at radius 2 is 1.73 bits per heavy atom. The van der Waals surface area contributed by atoms with Crippen molar-refractivity contribution >= 4 is 74.2 Å². The van der Waals surface area contributed by atoms with Gasteiger partial charge in [-0.1, -0.05) is 72.0 Å². The highest BCUT2D eigenvalue weighted by atomic mass is 127. The maximum atomic E-state index is 14.3. The van der Waals surface area contributed by atoms with Crippen molar-refractivity contribution in [2.45, 2.75) is 19.6 Å². The number of fused-ring (bicyclic) bond motifs is 1. The molecular formula is C35H27I2N3O4S. The number of amides is 1. The topological polar surface area (TPSA) is 81.9 Å². The van der Waals surface area contributed by atoms with Crippen LogP contribution in [0.4, 0.5) is 5.69 Å². The summed E-state index contributed by atoms with van der Waals surface area (Å²) in [6.07, 6.45) is 1.86. The lowest BCUT2D eigenvalue weighted by Crippen LogP contribution is -2.40. The molecule has 0 radical (unpaired) electrons. The first-order valence-corrected chi connectivity index (χ1v) is 17.0. The molecule has 1 aliphatic rings. The summed E-state index contributed by atoms with van der Waals surface area (Å²) in [5, 5.41) is 2.99. The molecule has 0 saturated heterocycles. The smallest absolute Gasteiger partial charge is 0.271 e. The molecule has 1 atom stereocenters. The maximum absolute atomic E-state index is 14.3. The van der Waals surface area contributed by atoms with Crippen molar-refractivity contribution < 1.29 is 14.3 Å². The molecule has 2 heterocycles. The fourth-order valence-corrected chi connectivity index (χ4v) is 8.25. The molecule has 5 aromatic rings. The van der Waals surface area contributed by atoms with Crippen molar-refractivity contribution in [1.29, 1.82) is 0 Å². The molecule has 0 fully saturated rings. The second-order valence-electron chi connectivity index (χ2n) is 10.3. The highest BCUT2D eigenvalue weighted by Gasteiger charge is 2.33. The van der Waals surface area contributed by atoms with Crippen LogP contribution in [0.25, 0.3) is 6.08 Å². The van der Waals surface area contributed by atoms with Gasteiger partial charge in [-0.15, -0.1) is 0 Å². The number of ether oxygens (including phenoxy) is 2. The van der Waals surface area contributed by atoms with Crippen molar-refractivity contribution in [3.8, 4) is 11.5 Å². The van der Waals surface area contributed by atoms with Crippen LogP contribution in [0, 0.1) is 7.14 Å². The quantitative estimate of drug-likeness (QED) is 0.177. The number of anilines is 1. The molecular weight excluding hydrogens is 812 g/mol. The van der Waals surface area contributed by atoms with Crippen LogP contribution in [0.1, 0.15) is 29.7 Å². The number of para-hydroxylation sites is 1. The first-order valence-electron chi connectivity index (χ1n) is 14.0. The lowest BCUT2D eigenvalue weighted by atomic mass is 9.95. The fourth-order valence-electron chi connectivity index (χ4n) is 5.17. The zero-order chi connectivity index (χ0) is 31.5. The summed E-state index contributed by atoms with van der Waals surface area (Å²) in [6.45, 7) is 2.20. The summed E-state index contributed by atoms with van der Waals surface area (Å²) >= 11 is 5.84. The average molecular weight is 839 g/mol. The molecule has 0 bridgehead atoms. The lowest BCUT2D eigenvalue weighted by molar-refractivity contribution is -0.113. The van der Waals surface area contributed by atoms with Gasteiger partial charge in [0.2, 0.25) is 0 Å². The number of halogens is 2. The van der Waals surface area contributed by atoms with E-state index in [1.54, 1.807) is 11.7 Å². The minimum atomic E-state index is -0.716. The number of thiazole rings is 1. The van der Waals surface area contributed by atoms with Gasteiger partial charge in [-0.05, 0) is 106 Å². The third kappa shape index (κ3) is 6.77. The molecule has 45 heavy (non-hydrogen) atoms. The predicted molar refractivity (Wildman–Crippen MR) is 194 cm³/mol. The van der Waals surface area contributed by atoms with Crippen LogP contribution in [0.3, 0.4) is 0 Å². The summed E-state index contributed by atoms with van der Waals surface area (Å²) in [5.41, 5.74) is 3.93. The van der Waals surface area contributed by atoms with Gasteiger partial charge >= 0.3 is 0 Å². The molecule has 1 aromatic heterocycles. The molecule has 1 amide bonds. The molecule has 4 aromatic carbocycles. The largest absolute Gasteiger partial charge is 0.497 e. The Balaban J connectivity index is 1.48. The monoisotopic (exact) mass is 839 g/mol. The van der Waals surface area contributed by atoms with E-state index >= 15 is 0 Å². The normalized spacial score (nSPS) is 14.5. The van der Waals surface area contributed by atoms with E-state index in [4.69, 9.17) is 14.5 Å². The first kappa shape index (κ1) is 31.2. The lowest BCUT2D eigenvalue weighted by Gasteiger charge is -2.25. The van der Waals surface area contributed by atoms with E-state index in [-0.39, 0.29) is 11.5 Å². The molecule has 6 rings (SSSR count). The van der Waals surface area contributed by atoms with E-state index in [9.17, 15) is 9.59 Å². The summed E-state index contributed by atoms with van der Waals surface area (Å²) in [4.78, 5) is 33.4. The van der Waals surface area contributed by atoms with Crippen molar-refractivity contribution in [2.75, 3.05) is 12.4 Å². The summed E-state index contributed by atoms with van der Waals surface area (Å²) in [5.74, 6) is 1.00. The van der Waals surface area contributed by atoms with E-state index in [2.05, 4.69) is 50.5 Å². The SMILES string of the molecule is COc1cccc([C@H]2C(C(=O)Nc3ccccc3)=C(C)N=c3s/c(=C\c4cc(I)cc(I)c4OCc4ccccc4)c(=O)n32)c1. The van der Waals surface area contributed by atoms with Crippen LogP contribution in [0.15, 0.2) is 118 Å². The molecule has 0 unspecified atom stereocenters. The number of rotatable bonds is 8. The Morgan fingerprint density at radius 1 is 1.00 bits per heavy atom. The maximum Gasteiger partial charge on any atom is 0.271 e. The first-order chi connectivity index (χ1) is 21.8. The Kier molecular flexibility index (Phi) is 9.52. The number of nitrogens with zero attached hydrogens (tertiary/aromatic N) is 2. The van der Waals surface area contributed by atoms with E-state index in [1.165, 1.54) is 11.3 Å². The standard InChI is InChI=1S/C35H27I2N3O4S/c1-21-30(33(41)39-26-13-7-4-8-14-26)31(23-12-9-15-27(17-23)43-2)40-34(42)29(45-35(40)38-21)18-24-16-25(36)19-28(37)32(24)44-20-22-10-5-3-6-11-22/h3-19,31H,20H2,1-2H3,(H,39,41)/b29-18-/t31-/m0/s1. The van der Waals surface area contributed by atoms with Crippen molar-refractivity contribution in [2.24, 2.45) is 4.99 Å².